The second kappa shape index (κ2) is 14.0. The van der Waals surface area contributed by atoms with E-state index in [2.05, 4.69) is 34.3 Å². The third-order valence-corrected chi connectivity index (χ3v) is 4.95. The van der Waals surface area contributed by atoms with Gasteiger partial charge in [-0.25, -0.2) is 0 Å². The van der Waals surface area contributed by atoms with Gasteiger partial charge >= 0.3 is 0 Å². The van der Waals surface area contributed by atoms with Gasteiger partial charge in [0.1, 0.15) is 0 Å². The molecule has 0 saturated carbocycles. The first-order chi connectivity index (χ1) is 11.8. The van der Waals surface area contributed by atoms with Crippen molar-refractivity contribution in [3.63, 3.8) is 0 Å². The topological polar surface area (TPSA) is 52.1 Å². The van der Waals surface area contributed by atoms with Crippen molar-refractivity contribution in [3.8, 4) is 0 Å². The summed E-state index contributed by atoms with van der Waals surface area (Å²) in [6.45, 7) is 15.9. The first-order valence-electron chi connectivity index (χ1n) is 9.86. The van der Waals surface area contributed by atoms with Gasteiger partial charge in [-0.15, -0.1) is 24.0 Å². The van der Waals surface area contributed by atoms with Gasteiger partial charge in [-0.1, -0.05) is 6.92 Å². The summed E-state index contributed by atoms with van der Waals surface area (Å²) >= 11 is 0. The Labute approximate surface area is 171 Å². The zero-order valence-corrected chi connectivity index (χ0v) is 18.5. The average Bonchev–Trinajstić information content (AvgIpc) is 2.64. The highest BCUT2D eigenvalue weighted by Crippen LogP contribution is 2.16. The molecule has 2 rings (SSSR count). The Morgan fingerprint density at radius 2 is 1.92 bits per heavy atom. The van der Waals surface area contributed by atoms with Crippen molar-refractivity contribution < 1.29 is 4.74 Å². The molecule has 2 aliphatic heterocycles. The summed E-state index contributed by atoms with van der Waals surface area (Å²) in [5.74, 6) is 1.69. The van der Waals surface area contributed by atoms with Gasteiger partial charge in [0.25, 0.3) is 0 Å². The number of halogens is 1. The number of hydrogen-bond donors (Lipinski definition) is 2. The largest absolute Gasteiger partial charge is 0.379 e. The van der Waals surface area contributed by atoms with E-state index in [0.29, 0.717) is 5.92 Å². The lowest BCUT2D eigenvalue weighted by atomic mass is 9.98. The number of piperidine rings is 1. The number of aliphatic imine (C=N–C) groups is 1. The van der Waals surface area contributed by atoms with E-state index >= 15 is 0 Å². The summed E-state index contributed by atoms with van der Waals surface area (Å²) < 4.78 is 5.39. The van der Waals surface area contributed by atoms with Crippen LogP contribution >= 0.6 is 24.0 Å². The zero-order chi connectivity index (χ0) is 17.0. The molecule has 7 heteroatoms. The van der Waals surface area contributed by atoms with Crippen LogP contribution in [0.5, 0.6) is 0 Å². The van der Waals surface area contributed by atoms with Crippen LogP contribution in [-0.2, 0) is 4.74 Å². The average molecular weight is 467 g/mol. The van der Waals surface area contributed by atoms with E-state index in [1.54, 1.807) is 0 Å². The number of guanidine groups is 1. The van der Waals surface area contributed by atoms with Crippen molar-refractivity contribution in [1.82, 2.24) is 20.4 Å². The van der Waals surface area contributed by atoms with E-state index < -0.39 is 0 Å². The first-order valence-corrected chi connectivity index (χ1v) is 9.86. The van der Waals surface area contributed by atoms with E-state index in [1.165, 1.54) is 32.5 Å². The molecule has 0 aromatic heterocycles. The predicted octanol–water partition coefficient (Wildman–Crippen LogP) is 1.61. The normalized spacial score (nSPS) is 23.1. The number of likely N-dealkylation sites (tertiary alicyclic amines) is 1. The minimum atomic E-state index is 0. The number of nitrogens with one attached hydrogen (secondary N) is 2. The van der Waals surface area contributed by atoms with Crippen LogP contribution in [-0.4, -0.2) is 87.9 Å². The highest BCUT2D eigenvalue weighted by molar-refractivity contribution is 14.0. The third-order valence-electron chi connectivity index (χ3n) is 4.95. The van der Waals surface area contributed by atoms with Crippen molar-refractivity contribution in [1.29, 1.82) is 0 Å². The molecule has 2 heterocycles. The molecule has 1 atom stereocenters. The van der Waals surface area contributed by atoms with Crippen LogP contribution < -0.4 is 10.6 Å². The van der Waals surface area contributed by atoms with Crippen molar-refractivity contribution in [2.75, 3.05) is 72.1 Å². The van der Waals surface area contributed by atoms with Crippen LogP contribution in [0.3, 0.4) is 0 Å². The van der Waals surface area contributed by atoms with Gasteiger partial charge in [-0.05, 0) is 51.7 Å². The fraction of sp³-hybridized carbons (Fsp3) is 0.944. The van der Waals surface area contributed by atoms with Crippen LogP contribution in [0.15, 0.2) is 4.99 Å². The van der Waals surface area contributed by atoms with Crippen LogP contribution in [0, 0.1) is 5.92 Å². The SMILES string of the molecule is CCNC(=NCC1CCCN(CC)C1)NCCCN1CCOCC1.I. The summed E-state index contributed by atoms with van der Waals surface area (Å²) in [7, 11) is 0. The predicted molar refractivity (Wildman–Crippen MR) is 116 cm³/mol. The second-order valence-corrected chi connectivity index (χ2v) is 6.86. The van der Waals surface area contributed by atoms with E-state index in [9.17, 15) is 0 Å². The molecule has 0 aromatic rings. The quantitative estimate of drug-likeness (QED) is 0.246. The number of morpholine rings is 1. The lowest BCUT2D eigenvalue weighted by molar-refractivity contribution is 0.0376. The van der Waals surface area contributed by atoms with Crippen molar-refractivity contribution in [2.45, 2.75) is 33.1 Å². The molecule has 6 nitrogen and oxygen atoms in total. The Balaban J connectivity index is 0.00000312. The number of nitrogens with zero attached hydrogens (tertiary/aromatic N) is 3. The smallest absolute Gasteiger partial charge is 0.191 e. The summed E-state index contributed by atoms with van der Waals surface area (Å²) in [6.07, 6.45) is 3.78. The molecule has 0 amide bonds. The van der Waals surface area contributed by atoms with Gasteiger partial charge < -0.3 is 20.3 Å². The molecule has 0 aliphatic carbocycles. The van der Waals surface area contributed by atoms with Gasteiger partial charge in [-0.3, -0.25) is 9.89 Å². The van der Waals surface area contributed by atoms with Crippen molar-refractivity contribution in [3.05, 3.63) is 0 Å². The fourth-order valence-electron chi connectivity index (χ4n) is 3.48. The van der Waals surface area contributed by atoms with E-state index in [4.69, 9.17) is 9.73 Å². The molecule has 2 saturated heterocycles. The highest BCUT2D eigenvalue weighted by atomic mass is 127. The van der Waals surface area contributed by atoms with Crippen molar-refractivity contribution >= 4 is 29.9 Å². The lowest BCUT2D eigenvalue weighted by Crippen LogP contribution is -2.41. The Hall–Kier alpha value is -0.120. The van der Waals surface area contributed by atoms with E-state index in [1.807, 2.05) is 0 Å². The van der Waals surface area contributed by atoms with Crippen LogP contribution in [0.1, 0.15) is 33.1 Å². The van der Waals surface area contributed by atoms with Crippen LogP contribution in [0.25, 0.3) is 0 Å². The standard InChI is InChI=1S/C18H37N5O.HI/c1-3-19-18(20-8-6-10-23-11-13-24-14-12-23)21-15-17-7-5-9-22(4-2)16-17;/h17H,3-16H2,1-2H3,(H2,19,20,21);1H. The molecule has 2 fully saturated rings. The Kier molecular flexibility index (Phi) is 12.8. The summed E-state index contributed by atoms with van der Waals surface area (Å²) in [5.41, 5.74) is 0. The van der Waals surface area contributed by atoms with Gasteiger partial charge in [-0.2, -0.15) is 0 Å². The molecule has 2 aliphatic rings. The van der Waals surface area contributed by atoms with Gasteiger partial charge in [0.2, 0.25) is 0 Å². The molecule has 0 bridgehead atoms. The van der Waals surface area contributed by atoms with Crippen molar-refractivity contribution in [2.24, 2.45) is 10.9 Å². The maximum absolute atomic E-state index is 5.39. The summed E-state index contributed by atoms with van der Waals surface area (Å²) in [6, 6.07) is 0. The molecule has 1 unspecified atom stereocenters. The molecule has 0 radical (unpaired) electrons. The number of rotatable bonds is 8. The number of hydrogen-bond acceptors (Lipinski definition) is 4. The maximum atomic E-state index is 5.39. The lowest BCUT2D eigenvalue weighted by Gasteiger charge is -2.31. The molecular weight excluding hydrogens is 429 g/mol. The molecule has 2 N–H and O–H groups in total. The van der Waals surface area contributed by atoms with Gasteiger partial charge in [0, 0.05) is 39.3 Å². The van der Waals surface area contributed by atoms with E-state index in [-0.39, 0.29) is 24.0 Å². The Morgan fingerprint density at radius 1 is 1.12 bits per heavy atom. The molecule has 0 aromatic carbocycles. The summed E-state index contributed by atoms with van der Waals surface area (Å²) in [5, 5.41) is 6.87. The first kappa shape index (κ1) is 22.9. The number of ether oxygens (including phenoxy) is 1. The molecule has 0 spiro atoms. The monoisotopic (exact) mass is 467 g/mol. The molecular formula is C18H38IN5O. The van der Waals surface area contributed by atoms with Gasteiger partial charge in [0.05, 0.1) is 13.2 Å². The summed E-state index contributed by atoms with van der Waals surface area (Å²) in [4.78, 5) is 9.86. The van der Waals surface area contributed by atoms with E-state index in [0.717, 1.165) is 64.9 Å². The third kappa shape index (κ3) is 9.40. The highest BCUT2D eigenvalue weighted by Gasteiger charge is 2.18. The second-order valence-electron chi connectivity index (χ2n) is 6.86. The fourth-order valence-corrected chi connectivity index (χ4v) is 3.48. The van der Waals surface area contributed by atoms with Crippen LogP contribution in [0.2, 0.25) is 0 Å². The Bertz CT molecular complexity index is 363. The maximum Gasteiger partial charge on any atom is 0.191 e. The van der Waals surface area contributed by atoms with Crippen LogP contribution in [0.4, 0.5) is 0 Å². The Morgan fingerprint density at radius 3 is 2.64 bits per heavy atom. The molecule has 148 valence electrons. The minimum Gasteiger partial charge on any atom is -0.379 e. The van der Waals surface area contributed by atoms with Gasteiger partial charge in [0.15, 0.2) is 5.96 Å². The minimum absolute atomic E-state index is 0. The zero-order valence-electron chi connectivity index (χ0n) is 16.1. The molecule has 25 heavy (non-hydrogen) atoms.